The van der Waals surface area contributed by atoms with Crippen LogP contribution in [0.2, 0.25) is 5.02 Å². The summed E-state index contributed by atoms with van der Waals surface area (Å²) in [4.78, 5) is 15.6. The highest BCUT2D eigenvalue weighted by atomic mass is 35.5. The molecule has 0 radical (unpaired) electrons. The zero-order valence-electron chi connectivity index (χ0n) is 16.0. The Bertz CT molecular complexity index is 1090. The van der Waals surface area contributed by atoms with Crippen LogP contribution in [0.3, 0.4) is 0 Å². The summed E-state index contributed by atoms with van der Waals surface area (Å²) in [5, 5.41) is 12.1. The maximum Gasteiger partial charge on any atom is 0.573 e. The molecule has 10 heteroatoms. The van der Waals surface area contributed by atoms with Gasteiger partial charge in [-0.2, -0.15) is 0 Å². The van der Waals surface area contributed by atoms with Crippen molar-refractivity contribution in [3.05, 3.63) is 70.9 Å². The summed E-state index contributed by atoms with van der Waals surface area (Å²) in [7, 11) is 1.39. The molecule has 3 aromatic rings. The first-order chi connectivity index (χ1) is 14.7. The Kier molecular flexibility index (Phi) is 6.55. The number of benzene rings is 2. The monoisotopic (exact) mass is 452 g/mol. The van der Waals surface area contributed by atoms with Crippen molar-refractivity contribution in [2.45, 2.75) is 12.9 Å². The molecule has 1 heterocycles. The number of hydrogen-bond acceptors (Lipinski definition) is 5. The third-order valence-corrected chi connectivity index (χ3v) is 4.53. The summed E-state index contributed by atoms with van der Waals surface area (Å²) >= 11 is 5.74. The molecule has 0 bridgehead atoms. The summed E-state index contributed by atoms with van der Waals surface area (Å²) in [6.07, 6.45) is -3.29. The second kappa shape index (κ2) is 9.13. The van der Waals surface area contributed by atoms with E-state index in [0.717, 1.165) is 0 Å². The molecule has 0 aliphatic rings. The van der Waals surface area contributed by atoms with Crippen molar-refractivity contribution in [3.8, 4) is 22.6 Å². The van der Waals surface area contributed by atoms with E-state index in [2.05, 4.69) is 15.0 Å². The number of anilines is 1. The SMILES string of the molecule is COc1ccc(-c2ccc(NCc3ccc(Cl)c(OC(F)(F)F)c3)nc2)cc1C(=O)O. The quantitative estimate of drug-likeness (QED) is 0.484. The number of pyridine rings is 1. The Morgan fingerprint density at radius 3 is 2.45 bits per heavy atom. The van der Waals surface area contributed by atoms with Gasteiger partial charge in [-0.15, -0.1) is 13.2 Å². The van der Waals surface area contributed by atoms with Gasteiger partial charge in [0.2, 0.25) is 0 Å². The van der Waals surface area contributed by atoms with E-state index in [1.807, 2.05) is 0 Å². The number of carbonyl (C=O) groups is 1. The minimum atomic E-state index is -4.84. The van der Waals surface area contributed by atoms with E-state index in [9.17, 15) is 23.1 Å². The van der Waals surface area contributed by atoms with Crippen LogP contribution in [0.25, 0.3) is 11.1 Å². The summed E-state index contributed by atoms with van der Waals surface area (Å²) in [6.45, 7) is 0.184. The van der Waals surface area contributed by atoms with Gasteiger partial charge < -0.3 is 19.9 Å². The van der Waals surface area contributed by atoms with E-state index in [0.29, 0.717) is 22.5 Å². The van der Waals surface area contributed by atoms with Gasteiger partial charge in [0.15, 0.2) is 0 Å². The topological polar surface area (TPSA) is 80.7 Å². The number of nitrogens with one attached hydrogen (secondary N) is 1. The number of halogens is 4. The van der Waals surface area contributed by atoms with Gasteiger partial charge in [-0.05, 0) is 47.5 Å². The fourth-order valence-electron chi connectivity index (χ4n) is 2.78. The third-order valence-electron chi connectivity index (χ3n) is 4.22. The average Bonchev–Trinajstić information content (AvgIpc) is 2.73. The van der Waals surface area contributed by atoms with Crippen molar-refractivity contribution >= 4 is 23.4 Å². The molecular weight excluding hydrogens is 437 g/mol. The number of hydrogen-bond donors (Lipinski definition) is 2. The zero-order chi connectivity index (χ0) is 22.6. The van der Waals surface area contributed by atoms with E-state index in [1.54, 1.807) is 36.5 Å². The maximum absolute atomic E-state index is 12.4. The van der Waals surface area contributed by atoms with Crippen LogP contribution in [0, 0.1) is 0 Å². The number of carboxylic acid groups (broad SMARTS) is 1. The van der Waals surface area contributed by atoms with Gasteiger partial charge in [0.05, 0.1) is 12.1 Å². The first-order valence-electron chi connectivity index (χ1n) is 8.82. The van der Waals surface area contributed by atoms with Crippen molar-refractivity contribution in [2.75, 3.05) is 12.4 Å². The van der Waals surface area contributed by atoms with Gasteiger partial charge in [-0.3, -0.25) is 0 Å². The summed E-state index contributed by atoms with van der Waals surface area (Å²) < 4.78 is 46.3. The van der Waals surface area contributed by atoms with Gasteiger partial charge >= 0.3 is 12.3 Å². The Hall–Kier alpha value is -3.46. The molecule has 0 aliphatic carbocycles. The zero-order valence-corrected chi connectivity index (χ0v) is 16.8. The molecule has 0 saturated heterocycles. The lowest BCUT2D eigenvalue weighted by Crippen LogP contribution is -2.17. The van der Waals surface area contributed by atoms with E-state index in [-0.39, 0.29) is 22.9 Å². The van der Waals surface area contributed by atoms with Crippen molar-refractivity contribution < 1.29 is 32.5 Å². The molecule has 0 unspecified atom stereocenters. The predicted molar refractivity (Wildman–Crippen MR) is 109 cm³/mol. The van der Waals surface area contributed by atoms with Crippen molar-refractivity contribution in [2.24, 2.45) is 0 Å². The molecule has 0 spiro atoms. The molecule has 162 valence electrons. The standard InChI is InChI=1S/C21H16ClF3N2O4/c1-30-17-6-3-13(9-15(17)20(28)29)14-4-7-19(27-11-14)26-10-12-2-5-16(22)18(8-12)31-21(23,24)25/h2-9,11H,10H2,1H3,(H,26,27)(H,28,29). The fraction of sp³-hybridized carbons (Fsp3) is 0.143. The lowest BCUT2D eigenvalue weighted by Gasteiger charge is -2.12. The van der Waals surface area contributed by atoms with Crippen LogP contribution in [0.4, 0.5) is 19.0 Å². The Morgan fingerprint density at radius 2 is 1.84 bits per heavy atom. The maximum atomic E-state index is 12.4. The number of carboxylic acids is 1. The van der Waals surface area contributed by atoms with Gasteiger partial charge in [-0.25, -0.2) is 9.78 Å². The molecule has 3 rings (SSSR count). The molecule has 0 aliphatic heterocycles. The number of nitrogens with zero attached hydrogens (tertiary/aromatic N) is 1. The van der Waals surface area contributed by atoms with Crippen LogP contribution in [0.1, 0.15) is 15.9 Å². The third kappa shape index (κ3) is 5.79. The van der Waals surface area contributed by atoms with Gasteiger partial charge in [0, 0.05) is 18.3 Å². The molecule has 0 fully saturated rings. The number of aromatic nitrogens is 1. The average molecular weight is 453 g/mol. The van der Waals surface area contributed by atoms with Crippen LogP contribution in [-0.4, -0.2) is 29.5 Å². The van der Waals surface area contributed by atoms with E-state index in [4.69, 9.17) is 16.3 Å². The van der Waals surface area contributed by atoms with Crippen LogP contribution < -0.4 is 14.8 Å². The second-order valence-electron chi connectivity index (χ2n) is 6.32. The molecule has 6 nitrogen and oxygen atoms in total. The minimum Gasteiger partial charge on any atom is -0.496 e. The summed E-state index contributed by atoms with van der Waals surface area (Å²) in [5.74, 6) is -0.865. The van der Waals surface area contributed by atoms with Gasteiger partial charge in [-0.1, -0.05) is 23.7 Å². The first-order valence-corrected chi connectivity index (χ1v) is 9.20. The van der Waals surface area contributed by atoms with Crippen LogP contribution in [0.5, 0.6) is 11.5 Å². The largest absolute Gasteiger partial charge is 0.573 e. The number of aromatic carboxylic acids is 1. The Morgan fingerprint density at radius 1 is 1.10 bits per heavy atom. The van der Waals surface area contributed by atoms with Crippen LogP contribution >= 0.6 is 11.6 Å². The normalized spacial score (nSPS) is 11.1. The fourth-order valence-corrected chi connectivity index (χ4v) is 2.93. The van der Waals surface area contributed by atoms with E-state index in [1.165, 1.54) is 25.3 Å². The van der Waals surface area contributed by atoms with Crippen molar-refractivity contribution in [3.63, 3.8) is 0 Å². The second-order valence-corrected chi connectivity index (χ2v) is 6.73. The smallest absolute Gasteiger partial charge is 0.496 e. The van der Waals surface area contributed by atoms with E-state index >= 15 is 0 Å². The number of methoxy groups -OCH3 is 1. The lowest BCUT2D eigenvalue weighted by atomic mass is 10.0. The minimum absolute atomic E-state index is 0.0295. The Balaban J connectivity index is 1.71. The first kappa shape index (κ1) is 22.2. The molecule has 0 amide bonds. The van der Waals surface area contributed by atoms with Crippen molar-refractivity contribution in [1.82, 2.24) is 4.98 Å². The predicted octanol–water partition coefficient (Wildman–Crippen LogP) is 5.62. The summed E-state index contributed by atoms with van der Waals surface area (Å²) in [5.41, 5.74) is 1.87. The van der Waals surface area contributed by atoms with Gasteiger partial charge in [0.25, 0.3) is 0 Å². The lowest BCUT2D eigenvalue weighted by molar-refractivity contribution is -0.274. The number of rotatable bonds is 7. The highest BCUT2D eigenvalue weighted by molar-refractivity contribution is 6.32. The van der Waals surface area contributed by atoms with Crippen LogP contribution in [0.15, 0.2) is 54.7 Å². The Labute approximate surface area is 180 Å². The molecule has 2 N–H and O–H groups in total. The van der Waals surface area contributed by atoms with E-state index < -0.39 is 18.1 Å². The van der Waals surface area contributed by atoms with Gasteiger partial charge in [0.1, 0.15) is 22.9 Å². The molecule has 1 aromatic heterocycles. The number of alkyl halides is 3. The molecule has 2 aromatic carbocycles. The number of ether oxygens (including phenoxy) is 2. The summed E-state index contributed by atoms with van der Waals surface area (Å²) in [6, 6.07) is 12.3. The molecule has 0 saturated carbocycles. The molecular formula is C21H16ClF3N2O4. The highest BCUT2D eigenvalue weighted by Gasteiger charge is 2.32. The molecule has 31 heavy (non-hydrogen) atoms. The van der Waals surface area contributed by atoms with Crippen LogP contribution in [-0.2, 0) is 6.54 Å². The van der Waals surface area contributed by atoms with Crippen molar-refractivity contribution in [1.29, 1.82) is 0 Å². The molecule has 0 atom stereocenters. The highest BCUT2D eigenvalue weighted by Crippen LogP contribution is 2.31.